The van der Waals surface area contributed by atoms with Crippen LogP contribution in [0.5, 0.6) is 0 Å². The molecule has 0 radical (unpaired) electrons. The van der Waals surface area contributed by atoms with E-state index >= 15 is 0 Å². The van der Waals surface area contributed by atoms with Crippen LogP contribution in [0.15, 0.2) is 0 Å². The first-order valence-electron chi connectivity index (χ1n) is 5.60. The van der Waals surface area contributed by atoms with Crippen molar-refractivity contribution in [3.05, 3.63) is 0 Å². The number of nitrogens with zero attached hydrogens (tertiary/aromatic N) is 1. The van der Waals surface area contributed by atoms with Gasteiger partial charge in [-0.25, -0.2) is 0 Å². The number of carbonyl (C=O) groups is 1. The van der Waals surface area contributed by atoms with Crippen molar-refractivity contribution >= 4 is 17.7 Å². The van der Waals surface area contributed by atoms with E-state index < -0.39 is 5.97 Å². The molecule has 0 spiro atoms. The van der Waals surface area contributed by atoms with Gasteiger partial charge in [-0.1, -0.05) is 19.8 Å². The molecule has 4 heteroatoms. The van der Waals surface area contributed by atoms with Crippen LogP contribution in [0.3, 0.4) is 0 Å². The van der Waals surface area contributed by atoms with Crippen LogP contribution in [0.2, 0.25) is 0 Å². The lowest BCUT2D eigenvalue weighted by Crippen LogP contribution is -2.46. The van der Waals surface area contributed by atoms with Crippen molar-refractivity contribution in [3.63, 3.8) is 0 Å². The summed E-state index contributed by atoms with van der Waals surface area (Å²) >= 11 is 1.75. The van der Waals surface area contributed by atoms with Gasteiger partial charge in [0.15, 0.2) is 0 Å². The maximum Gasteiger partial charge on any atom is 0.322 e. The third-order valence-corrected chi connectivity index (χ3v) is 4.34. The highest BCUT2D eigenvalue weighted by Gasteiger charge is 2.45. The molecule has 1 saturated heterocycles. The number of carboxylic acid groups (broad SMARTS) is 1. The monoisotopic (exact) mass is 231 g/mol. The first kappa shape index (κ1) is 12.8. The molecule has 1 aliphatic rings. The fourth-order valence-corrected chi connectivity index (χ4v) is 3.24. The van der Waals surface area contributed by atoms with E-state index in [0.29, 0.717) is 0 Å². The van der Waals surface area contributed by atoms with Gasteiger partial charge >= 0.3 is 5.97 Å². The van der Waals surface area contributed by atoms with Crippen LogP contribution in [0.1, 0.15) is 40.0 Å². The standard InChI is InChI=1S/C11H21NO2S/c1-4-5-6-7-12-8-15-11(2,3)9(12)10(13)14/h9H,4-8H2,1-3H3,(H,13,14). The Kier molecular flexibility index (Phi) is 4.46. The first-order valence-corrected chi connectivity index (χ1v) is 6.58. The molecule has 1 fully saturated rings. The minimum Gasteiger partial charge on any atom is -0.480 e. The van der Waals surface area contributed by atoms with E-state index in [9.17, 15) is 9.90 Å². The second-order valence-electron chi connectivity index (χ2n) is 4.64. The Hall–Kier alpha value is -0.220. The van der Waals surface area contributed by atoms with E-state index in [4.69, 9.17) is 0 Å². The van der Waals surface area contributed by atoms with Gasteiger partial charge in [-0.05, 0) is 26.8 Å². The fraction of sp³-hybridized carbons (Fsp3) is 0.909. The zero-order valence-electron chi connectivity index (χ0n) is 9.82. The molecule has 0 aromatic carbocycles. The van der Waals surface area contributed by atoms with Crippen molar-refractivity contribution in [3.8, 4) is 0 Å². The van der Waals surface area contributed by atoms with E-state index in [0.717, 1.165) is 18.8 Å². The predicted molar refractivity (Wildman–Crippen MR) is 64.2 cm³/mol. The summed E-state index contributed by atoms with van der Waals surface area (Å²) in [5, 5.41) is 9.22. The predicted octanol–water partition coefficient (Wildman–Crippen LogP) is 2.41. The van der Waals surface area contributed by atoms with Crippen molar-refractivity contribution in [2.45, 2.75) is 50.8 Å². The van der Waals surface area contributed by atoms with Crippen LogP contribution in [0, 0.1) is 0 Å². The molecular weight excluding hydrogens is 210 g/mol. The molecule has 1 aliphatic heterocycles. The molecule has 0 amide bonds. The van der Waals surface area contributed by atoms with E-state index in [-0.39, 0.29) is 10.8 Å². The highest BCUT2D eigenvalue weighted by atomic mass is 32.2. The second kappa shape index (κ2) is 5.21. The zero-order valence-corrected chi connectivity index (χ0v) is 10.6. The molecule has 1 rings (SSSR count). The molecular formula is C11H21NO2S. The van der Waals surface area contributed by atoms with Gasteiger partial charge in [0, 0.05) is 10.6 Å². The number of thioether (sulfide) groups is 1. The van der Waals surface area contributed by atoms with Gasteiger partial charge in [0.1, 0.15) is 6.04 Å². The van der Waals surface area contributed by atoms with Crippen LogP contribution >= 0.6 is 11.8 Å². The van der Waals surface area contributed by atoms with Crippen LogP contribution < -0.4 is 0 Å². The summed E-state index contributed by atoms with van der Waals surface area (Å²) in [7, 11) is 0. The third kappa shape index (κ3) is 3.11. The Bertz CT molecular complexity index is 231. The number of carboxylic acids is 1. The van der Waals surface area contributed by atoms with E-state index in [1.165, 1.54) is 12.8 Å². The van der Waals surface area contributed by atoms with E-state index in [2.05, 4.69) is 11.8 Å². The lowest BCUT2D eigenvalue weighted by Gasteiger charge is -2.27. The summed E-state index contributed by atoms with van der Waals surface area (Å²) in [6, 6.07) is -0.320. The van der Waals surface area contributed by atoms with Gasteiger partial charge in [0.2, 0.25) is 0 Å². The summed E-state index contributed by atoms with van der Waals surface area (Å²) in [5.41, 5.74) is 0. The number of hydrogen-bond acceptors (Lipinski definition) is 3. The third-order valence-electron chi connectivity index (χ3n) is 2.91. The number of aliphatic carboxylic acids is 1. The van der Waals surface area contributed by atoms with Gasteiger partial charge in [-0.3, -0.25) is 9.69 Å². The number of hydrogen-bond donors (Lipinski definition) is 1. The van der Waals surface area contributed by atoms with Crippen LogP contribution in [0.4, 0.5) is 0 Å². The molecule has 0 aliphatic carbocycles. The average molecular weight is 231 g/mol. The molecule has 0 aromatic rings. The molecule has 1 atom stereocenters. The quantitative estimate of drug-likeness (QED) is 0.738. The SMILES string of the molecule is CCCCCN1CSC(C)(C)C1C(=O)O. The van der Waals surface area contributed by atoms with Crippen LogP contribution in [-0.4, -0.2) is 39.2 Å². The smallest absolute Gasteiger partial charge is 0.322 e. The lowest BCUT2D eigenvalue weighted by atomic mass is 10.0. The highest BCUT2D eigenvalue weighted by Crippen LogP contribution is 2.39. The molecule has 0 saturated carbocycles. The Labute approximate surface area is 96.2 Å². The van der Waals surface area contributed by atoms with E-state index in [1.807, 2.05) is 13.8 Å². The summed E-state index contributed by atoms with van der Waals surface area (Å²) in [6.45, 7) is 7.13. The molecule has 0 aromatic heterocycles. The van der Waals surface area contributed by atoms with Crippen molar-refractivity contribution in [2.24, 2.45) is 0 Å². The van der Waals surface area contributed by atoms with Crippen molar-refractivity contribution in [1.29, 1.82) is 0 Å². The topological polar surface area (TPSA) is 40.5 Å². The highest BCUT2D eigenvalue weighted by molar-refractivity contribution is 8.00. The summed E-state index contributed by atoms with van der Waals surface area (Å²) in [5.74, 6) is 0.176. The Morgan fingerprint density at radius 2 is 2.20 bits per heavy atom. The van der Waals surface area contributed by atoms with Gasteiger partial charge in [0.05, 0.1) is 0 Å². The Balaban J connectivity index is 2.54. The first-order chi connectivity index (χ1) is 6.99. The minimum absolute atomic E-state index is 0.155. The normalized spacial score (nSPS) is 25.7. The minimum atomic E-state index is -0.679. The fourth-order valence-electron chi connectivity index (χ4n) is 2.05. The number of rotatable bonds is 5. The van der Waals surface area contributed by atoms with Crippen molar-refractivity contribution < 1.29 is 9.90 Å². The maximum absolute atomic E-state index is 11.2. The molecule has 15 heavy (non-hydrogen) atoms. The Morgan fingerprint density at radius 3 is 2.73 bits per heavy atom. The summed E-state index contributed by atoms with van der Waals surface area (Å²) in [6.07, 6.45) is 3.48. The average Bonchev–Trinajstić information content (AvgIpc) is 2.42. The molecule has 1 unspecified atom stereocenters. The Morgan fingerprint density at radius 1 is 1.53 bits per heavy atom. The summed E-state index contributed by atoms with van der Waals surface area (Å²) < 4.78 is -0.155. The molecule has 88 valence electrons. The zero-order chi connectivity index (χ0) is 11.5. The largest absolute Gasteiger partial charge is 0.480 e. The molecule has 0 bridgehead atoms. The maximum atomic E-state index is 11.2. The van der Waals surface area contributed by atoms with Gasteiger partial charge < -0.3 is 5.11 Å². The molecule has 3 nitrogen and oxygen atoms in total. The van der Waals surface area contributed by atoms with Crippen molar-refractivity contribution in [2.75, 3.05) is 12.4 Å². The van der Waals surface area contributed by atoms with E-state index in [1.54, 1.807) is 11.8 Å². The second-order valence-corrected chi connectivity index (χ2v) is 6.24. The van der Waals surface area contributed by atoms with Crippen LogP contribution in [0.25, 0.3) is 0 Å². The lowest BCUT2D eigenvalue weighted by molar-refractivity contribution is -0.143. The molecule has 1 heterocycles. The van der Waals surface area contributed by atoms with Gasteiger partial charge in [-0.2, -0.15) is 0 Å². The van der Waals surface area contributed by atoms with Gasteiger partial charge in [0.25, 0.3) is 0 Å². The number of unbranched alkanes of at least 4 members (excludes halogenated alkanes) is 2. The van der Waals surface area contributed by atoms with Crippen LogP contribution in [-0.2, 0) is 4.79 Å². The summed E-state index contributed by atoms with van der Waals surface area (Å²) in [4.78, 5) is 13.3. The molecule has 1 N–H and O–H groups in total. The van der Waals surface area contributed by atoms with Crippen molar-refractivity contribution in [1.82, 2.24) is 4.90 Å². The van der Waals surface area contributed by atoms with Gasteiger partial charge in [-0.15, -0.1) is 11.8 Å².